The van der Waals surface area contributed by atoms with Crippen molar-refractivity contribution in [3.8, 4) is 0 Å². The molecule has 142 valence electrons. The fourth-order valence-electron chi connectivity index (χ4n) is 2.94. The van der Waals surface area contributed by atoms with E-state index in [-0.39, 0.29) is 17.8 Å². The number of hydrazone groups is 1. The lowest BCUT2D eigenvalue weighted by Crippen LogP contribution is -2.29. The van der Waals surface area contributed by atoms with E-state index in [1.54, 1.807) is 42.7 Å². The zero-order valence-corrected chi connectivity index (χ0v) is 15.4. The van der Waals surface area contributed by atoms with Crippen LogP contribution in [-0.2, 0) is 6.54 Å². The normalized spacial score (nSPS) is 11.0. The maximum atomic E-state index is 12.8. The summed E-state index contributed by atoms with van der Waals surface area (Å²) in [5, 5.41) is 9.21. The van der Waals surface area contributed by atoms with Crippen molar-refractivity contribution in [1.29, 1.82) is 0 Å². The van der Waals surface area contributed by atoms with E-state index in [1.165, 1.54) is 10.9 Å². The highest BCUT2D eigenvalue weighted by atomic mass is 16.2. The third kappa shape index (κ3) is 4.08. The molecule has 0 fully saturated rings. The monoisotopic (exact) mass is 383 g/mol. The number of nitrogens with one attached hydrogen (secondary N) is 1. The molecule has 0 bridgehead atoms. The first kappa shape index (κ1) is 18.2. The van der Waals surface area contributed by atoms with Gasteiger partial charge in [0.05, 0.1) is 18.1 Å². The number of nitrogens with zero attached hydrogens (tertiary/aromatic N) is 4. The fourth-order valence-corrected chi connectivity index (χ4v) is 2.94. The molecule has 0 saturated carbocycles. The standard InChI is InChI=1S/C22H17N5O2/c28-21(25-24-14-17-9-6-12-23-13-17)20-18-10-4-5-11-19(18)22(29)27(26-20)15-16-7-2-1-3-8-16/h1-14H,15H2,(H,25,28)/b24-14+. The van der Waals surface area contributed by atoms with E-state index in [0.717, 1.165) is 11.1 Å². The van der Waals surface area contributed by atoms with Gasteiger partial charge in [0, 0.05) is 23.3 Å². The highest BCUT2D eigenvalue weighted by molar-refractivity contribution is 6.04. The van der Waals surface area contributed by atoms with Gasteiger partial charge >= 0.3 is 0 Å². The first-order valence-electron chi connectivity index (χ1n) is 8.99. The number of carbonyl (C=O) groups is 1. The van der Waals surface area contributed by atoms with E-state index in [9.17, 15) is 9.59 Å². The van der Waals surface area contributed by atoms with Crippen LogP contribution in [-0.4, -0.2) is 26.9 Å². The summed E-state index contributed by atoms with van der Waals surface area (Å²) in [7, 11) is 0. The van der Waals surface area contributed by atoms with Gasteiger partial charge in [-0.3, -0.25) is 14.6 Å². The lowest BCUT2D eigenvalue weighted by Gasteiger charge is -2.10. The molecule has 2 heterocycles. The Bertz CT molecular complexity index is 1230. The van der Waals surface area contributed by atoms with Crippen LogP contribution >= 0.6 is 0 Å². The number of aromatic nitrogens is 3. The average Bonchev–Trinajstić information content (AvgIpc) is 2.77. The number of fused-ring (bicyclic) bond motifs is 1. The summed E-state index contributed by atoms with van der Waals surface area (Å²) in [5.41, 5.74) is 4.03. The van der Waals surface area contributed by atoms with Gasteiger partial charge in [0.2, 0.25) is 0 Å². The molecule has 7 nitrogen and oxygen atoms in total. The molecule has 29 heavy (non-hydrogen) atoms. The minimum Gasteiger partial charge on any atom is -0.267 e. The summed E-state index contributed by atoms with van der Waals surface area (Å²) < 4.78 is 1.30. The second kappa shape index (κ2) is 8.26. The lowest BCUT2D eigenvalue weighted by molar-refractivity contribution is 0.0949. The molecule has 4 rings (SSSR count). The predicted molar refractivity (Wildman–Crippen MR) is 111 cm³/mol. The molecule has 1 amide bonds. The molecule has 2 aromatic heterocycles. The van der Waals surface area contributed by atoms with Gasteiger partial charge in [0.15, 0.2) is 5.69 Å². The minimum atomic E-state index is -0.497. The SMILES string of the molecule is O=C(N/N=C/c1cccnc1)c1nn(Cc2ccccc2)c(=O)c2ccccc12. The quantitative estimate of drug-likeness (QED) is 0.424. The highest BCUT2D eigenvalue weighted by Crippen LogP contribution is 2.14. The Morgan fingerprint density at radius 1 is 1.00 bits per heavy atom. The van der Waals surface area contributed by atoms with E-state index < -0.39 is 5.91 Å². The molecular formula is C22H17N5O2. The summed E-state index contributed by atoms with van der Waals surface area (Å²) in [4.78, 5) is 29.6. The second-order valence-corrected chi connectivity index (χ2v) is 6.33. The van der Waals surface area contributed by atoms with Crippen molar-refractivity contribution in [3.05, 3.63) is 106 Å². The molecule has 0 unspecified atom stereocenters. The van der Waals surface area contributed by atoms with Gasteiger partial charge in [0.25, 0.3) is 11.5 Å². The Kier molecular flexibility index (Phi) is 5.20. The van der Waals surface area contributed by atoms with Crippen LogP contribution in [0.2, 0.25) is 0 Å². The Balaban J connectivity index is 1.69. The minimum absolute atomic E-state index is 0.138. The fraction of sp³-hybridized carbons (Fsp3) is 0.0455. The lowest BCUT2D eigenvalue weighted by atomic mass is 10.1. The molecule has 7 heteroatoms. The molecule has 0 aliphatic rings. The zero-order chi connectivity index (χ0) is 20.1. The number of amides is 1. The van der Waals surface area contributed by atoms with E-state index in [2.05, 4.69) is 20.6 Å². The third-order valence-corrected chi connectivity index (χ3v) is 4.32. The second-order valence-electron chi connectivity index (χ2n) is 6.33. The van der Waals surface area contributed by atoms with Gasteiger partial charge < -0.3 is 0 Å². The van der Waals surface area contributed by atoms with Crippen LogP contribution in [0.25, 0.3) is 10.8 Å². The Labute approximate surface area is 166 Å². The van der Waals surface area contributed by atoms with Gasteiger partial charge in [-0.05, 0) is 17.7 Å². The molecular weight excluding hydrogens is 366 g/mol. The van der Waals surface area contributed by atoms with Crippen molar-refractivity contribution in [2.75, 3.05) is 0 Å². The van der Waals surface area contributed by atoms with Crippen LogP contribution < -0.4 is 11.0 Å². The topological polar surface area (TPSA) is 89.2 Å². The molecule has 0 aliphatic carbocycles. The molecule has 0 atom stereocenters. The summed E-state index contributed by atoms with van der Waals surface area (Å²) in [5.74, 6) is -0.497. The van der Waals surface area contributed by atoms with E-state index in [0.29, 0.717) is 10.8 Å². The number of rotatable bonds is 5. The number of benzene rings is 2. The zero-order valence-electron chi connectivity index (χ0n) is 15.4. The third-order valence-electron chi connectivity index (χ3n) is 4.32. The van der Waals surface area contributed by atoms with Crippen LogP contribution in [0.15, 0.2) is 89.0 Å². The summed E-state index contributed by atoms with van der Waals surface area (Å²) >= 11 is 0. The molecule has 0 saturated heterocycles. The average molecular weight is 383 g/mol. The molecule has 1 N–H and O–H groups in total. The van der Waals surface area contributed by atoms with Gasteiger partial charge in [-0.2, -0.15) is 10.2 Å². The molecule has 0 spiro atoms. The number of carbonyl (C=O) groups excluding carboxylic acids is 1. The van der Waals surface area contributed by atoms with Crippen molar-refractivity contribution in [1.82, 2.24) is 20.2 Å². The number of hydrogen-bond acceptors (Lipinski definition) is 5. The highest BCUT2D eigenvalue weighted by Gasteiger charge is 2.16. The van der Waals surface area contributed by atoms with Gasteiger partial charge in [-0.15, -0.1) is 0 Å². The molecule has 0 radical (unpaired) electrons. The van der Waals surface area contributed by atoms with Crippen molar-refractivity contribution >= 4 is 22.9 Å². The molecule has 0 aliphatic heterocycles. The van der Waals surface area contributed by atoms with Crippen molar-refractivity contribution < 1.29 is 4.79 Å². The van der Waals surface area contributed by atoms with Crippen LogP contribution in [0.4, 0.5) is 0 Å². The van der Waals surface area contributed by atoms with Crippen LogP contribution in [0.1, 0.15) is 21.6 Å². The first-order valence-corrected chi connectivity index (χ1v) is 8.99. The van der Waals surface area contributed by atoms with Crippen LogP contribution in [0, 0.1) is 0 Å². The van der Waals surface area contributed by atoms with Crippen LogP contribution in [0.5, 0.6) is 0 Å². The van der Waals surface area contributed by atoms with Crippen molar-refractivity contribution in [2.24, 2.45) is 5.10 Å². The smallest absolute Gasteiger partial charge is 0.267 e. The Morgan fingerprint density at radius 3 is 2.52 bits per heavy atom. The van der Waals surface area contributed by atoms with E-state index in [1.807, 2.05) is 36.4 Å². The molecule has 2 aromatic carbocycles. The van der Waals surface area contributed by atoms with Crippen LogP contribution in [0.3, 0.4) is 0 Å². The Hall–Kier alpha value is -4.13. The number of pyridine rings is 1. The predicted octanol–water partition coefficient (Wildman–Crippen LogP) is 2.60. The van der Waals surface area contributed by atoms with Crippen molar-refractivity contribution in [2.45, 2.75) is 6.54 Å². The maximum Gasteiger partial charge on any atom is 0.292 e. The summed E-state index contributed by atoms with van der Waals surface area (Å²) in [6.07, 6.45) is 4.78. The first-order chi connectivity index (χ1) is 14.2. The van der Waals surface area contributed by atoms with Gasteiger partial charge in [-0.25, -0.2) is 10.1 Å². The van der Waals surface area contributed by atoms with E-state index in [4.69, 9.17) is 0 Å². The Morgan fingerprint density at radius 2 is 1.76 bits per heavy atom. The van der Waals surface area contributed by atoms with Crippen molar-refractivity contribution in [3.63, 3.8) is 0 Å². The molecule has 4 aromatic rings. The van der Waals surface area contributed by atoms with Gasteiger partial charge in [0.1, 0.15) is 0 Å². The van der Waals surface area contributed by atoms with Gasteiger partial charge in [-0.1, -0.05) is 54.6 Å². The number of hydrogen-bond donors (Lipinski definition) is 1. The largest absolute Gasteiger partial charge is 0.292 e. The summed E-state index contributed by atoms with van der Waals surface area (Å²) in [6, 6.07) is 20.0. The maximum absolute atomic E-state index is 12.8. The van der Waals surface area contributed by atoms with E-state index >= 15 is 0 Å². The summed E-state index contributed by atoms with van der Waals surface area (Å²) in [6.45, 7) is 0.268.